The van der Waals surface area contributed by atoms with Crippen molar-refractivity contribution in [3.05, 3.63) is 75.9 Å². The van der Waals surface area contributed by atoms with E-state index in [1.807, 2.05) is 30.3 Å². The van der Waals surface area contributed by atoms with Crippen molar-refractivity contribution in [2.24, 2.45) is 5.10 Å². The standard InChI is InChI=1S/C17H12Cl2N4O/c18-13-7-4-8-14(19)12(13)10-20-23-17(24)16-9-15(21-22-16)11-5-2-1-3-6-11/h1-10H,(H,21,22)(H,23,24). The lowest BCUT2D eigenvalue weighted by Gasteiger charge is -2.00. The molecule has 1 aromatic heterocycles. The lowest BCUT2D eigenvalue weighted by molar-refractivity contribution is 0.0950. The number of H-pyrrole nitrogens is 1. The van der Waals surface area contributed by atoms with Gasteiger partial charge in [-0.25, -0.2) is 5.43 Å². The summed E-state index contributed by atoms with van der Waals surface area (Å²) in [5.41, 5.74) is 4.84. The first-order valence-corrected chi connectivity index (χ1v) is 7.79. The van der Waals surface area contributed by atoms with Gasteiger partial charge in [-0.3, -0.25) is 9.89 Å². The van der Waals surface area contributed by atoms with Crippen LogP contribution in [-0.4, -0.2) is 22.3 Å². The number of aromatic nitrogens is 2. The van der Waals surface area contributed by atoms with Crippen molar-refractivity contribution in [3.63, 3.8) is 0 Å². The first kappa shape index (κ1) is 16.2. The van der Waals surface area contributed by atoms with Gasteiger partial charge < -0.3 is 0 Å². The Kier molecular flexibility index (Phi) is 4.93. The van der Waals surface area contributed by atoms with Gasteiger partial charge >= 0.3 is 0 Å². The Bertz CT molecular complexity index is 870. The van der Waals surface area contributed by atoms with E-state index in [0.29, 0.717) is 27.0 Å². The number of benzene rings is 2. The molecule has 2 aromatic carbocycles. The molecule has 5 nitrogen and oxygen atoms in total. The maximum absolute atomic E-state index is 12.1. The Morgan fingerprint density at radius 2 is 1.79 bits per heavy atom. The number of halogens is 2. The highest BCUT2D eigenvalue weighted by molar-refractivity contribution is 6.38. The summed E-state index contributed by atoms with van der Waals surface area (Å²) in [6.07, 6.45) is 1.40. The molecule has 7 heteroatoms. The van der Waals surface area contributed by atoms with Gasteiger partial charge in [0.2, 0.25) is 0 Å². The van der Waals surface area contributed by atoms with Crippen LogP contribution in [0.2, 0.25) is 10.0 Å². The van der Waals surface area contributed by atoms with Crippen LogP contribution in [0.3, 0.4) is 0 Å². The normalized spacial score (nSPS) is 10.9. The second-order valence-electron chi connectivity index (χ2n) is 4.87. The van der Waals surface area contributed by atoms with E-state index in [0.717, 1.165) is 5.56 Å². The Hall–Kier alpha value is -2.63. The SMILES string of the molecule is O=C(NN=Cc1c(Cl)cccc1Cl)c1cc(-c2ccccc2)n[nH]1. The molecule has 1 heterocycles. The van der Waals surface area contributed by atoms with Gasteiger partial charge in [-0.1, -0.05) is 59.6 Å². The molecule has 0 aliphatic heterocycles. The van der Waals surface area contributed by atoms with E-state index >= 15 is 0 Å². The Labute approximate surface area is 148 Å². The van der Waals surface area contributed by atoms with Crippen molar-refractivity contribution < 1.29 is 4.79 Å². The third-order valence-electron chi connectivity index (χ3n) is 3.25. The molecule has 24 heavy (non-hydrogen) atoms. The van der Waals surface area contributed by atoms with Crippen LogP contribution >= 0.6 is 23.2 Å². The van der Waals surface area contributed by atoms with Crippen molar-refractivity contribution in [2.45, 2.75) is 0 Å². The second-order valence-corrected chi connectivity index (χ2v) is 5.68. The highest BCUT2D eigenvalue weighted by atomic mass is 35.5. The fourth-order valence-corrected chi connectivity index (χ4v) is 2.54. The molecule has 0 atom stereocenters. The van der Waals surface area contributed by atoms with E-state index < -0.39 is 5.91 Å². The molecule has 3 rings (SSSR count). The molecule has 0 unspecified atom stereocenters. The van der Waals surface area contributed by atoms with E-state index in [9.17, 15) is 4.79 Å². The zero-order valence-corrected chi connectivity index (χ0v) is 13.8. The lowest BCUT2D eigenvalue weighted by atomic mass is 10.1. The molecule has 3 aromatic rings. The van der Waals surface area contributed by atoms with Gasteiger partial charge in [0, 0.05) is 11.1 Å². The molecule has 0 aliphatic rings. The third-order valence-corrected chi connectivity index (χ3v) is 3.91. The molecule has 0 bridgehead atoms. The number of carbonyl (C=O) groups is 1. The fourth-order valence-electron chi connectivity index (χ4n) is 2.04. The van der Waals surface area contributed by atoms with E-state index in [4.69, 9.17) is 23.2 Å². The Balaban J connectivity index is 1.70. The summed E-state index contributed by atoms with van der Waals surface area (Å²) < 4.78 is 0. The first-order chi connectivity index (χ1) is 11.6. The number of nitrogens with one attached hydrogen (secondary N) is 2. The number of aromatic amines is 1. The number of amides is 1. The molecule has 0 saturated heterocycles. The predicted octanol–water partition coefficient (Wildman–Crippen LogP) is 4.15. The molecule has 120 valence electrons. The van der Waals surface area contributed by atoms with Gasteiger partial charge in [0.1, 0.15) is 5.69 Å². The summed E-state index contributed by atoms with van der Waals surface area (Å²) in [5, 5.41) is 11.6. The quantitative estimate of drug-likeness (QED) is 0.543. The van der Waals surface area contributed by atoms with Crippen molar-refractivity contribution in [2.75, 3.05) is 0 Å². The van der Waals surface area contributed by atoms with E-state index in [-0.39, 0.29) is 0 Å². The zero-order chi connectivity index (χ0) is 16.9. The minimum atomic E-state index is -0.413. The zero-order valence-electron chi connectivity index (χ0n) is 12.3. The third kappa shape index (κ3) is 3.64. The van der Waals surface area contributed by atoms with Crippen LogP contribution in [0.4, 0.5) is 0 Å². The number of hydrogen-bond acceptors (Lipinski definition) is 3. The second kappa shape index (κ2) is 7.29. The van der Waals surface area contributed by atoms with Crippen LogP contribution in [-0.2, 0) is 0 Å². The van der Waals surface area contributed by atoms with Crippen molar-refractivity contribution >= 4 is 35.3 Å². The Morgan fingerprint density at radius 1 is 1.08 bits per heavy atom. The molecule has 0 spiro atoms. The van der Waals surface area contributed by atoms with Crippen LogP contribution in [0, 0.1) is 0 Å². The van der Waals surface area contributed by atoms with E-state index in [2.05, 4.69) is 20.7 Å². The van der Waals surface area contributed by atoms with Gasteiger partial charge in [0.25, 0.3) is 5.91 Å². The average Bonchev–Trinajstić information content (AvgIpc) is 3.08. The minimum absolute atomic E-state index is 0.302. The summed E-state index contributed by atoms with van der Waals surface area (Å²) in [6.45, 7) is 0. The molecular weight excluding hydrogens is 347 g/mol. The largest absolute Gasteiger partial charge is 0.289 e. The maximum Gasteiger partial charge on any atom is 0.289 e. The minimum Gasteiger partial charge on any atom is -0.272 e. The lowest BCUT2D eigenvalue weighted by Crippen LogP contribution is -2.18. The topological polar surface area (TPSA) is 70.1 Å². The van der Waals surface area contributed by atoms with Gasteiger partial charge in [0.05, 0.1) is 22.0 Å². The summed E-state index contributed by atoms with van der Waals surface area (Å²) in [6, 6.07) is 16.3. The maximum atomic E-state index is 12.1. The monoisotopic (exact) mass is 358 g/mol. The summed E-state index contributed by atoms with van der Waals surface area (Å²) in [5.74, 6) is -0.413. The van der Waals surface area contributed by atoms with Crippen LogP contribution in [0.5, 0.6) is 0 Å². The number of carbonyl (C=O) groups excluding carboxylic acids is 1. The first-order valence-electron chi connectivity index (χ1n) is 7.03. The van der Waals surface area contributed by atoms with E-state index in [1.165, 1.54) is 6.21 Å². The van der Waals surface area contributed by atoms with E-state index in [1.54, 1.807) is 24.3 Å². The average molecular weight is 359 g/mol. The molecular formula is C17H12Cl2N4O. The summed E-state index contributed by atoms with van der Waals surface area (Å²) >= 11 is 12.1. The molecule has 0 fully saturated rings. The number of hydrogen-bond donors (Lipinski definition) is 2. The van der Waals surface area contributed by atoms with Crippen molar-refractivity contribution in [3.8, 4) is 11.3 Å². The Morgan fingerprint density at radius 3 is 2.50 bits per heavy atom. The van der Waals surface area contributed by atoms with Crippen LogP contribution in [0.1, 0.15) is 16.1 Å². The predicted molar refractivity (Wildman–Crippen MR) is 95.5 cm³/mol. The molecule has 0 radical (unpaired) electrons. The van der Waals surface area contributed by atoms with Gasteiger partial charge in [0.15, 0.2) is 0 Å². The van der Waals surface area contributed by atoms with Crippen LogP contribution < -0.4 is 5.43 Å². The van der Waals surface area contributed by atoms with Crippen LogP contribution in [0.15, 0.2) is 59.7 Å². The summed E-state index contributed by atoms with van der Waals surface area (Å²) in [7, 11) is 0. The summed E-state index contributed by atoms with van der Waals surface area (Å²) in [4.78, 5) is 12.1. The molecule has 1 amide bonds. The van der Waals surface area contributed by atoms with Crippen LogP contribution in [0.25, 0.3) is 11.3 Å². The van der Waals surface area contributed by atoms with Crippen molar-refractivity contribution in [1.29, 1.82) is 0 Å². The molecule has 2 N–H and O–H groups in total. The fraction of sp³-hybridized carbons (Fsp3) is 0. The highest BCUT2D eigenvalue weighted by Gasteiger charge is 2.10. The van der Waals surface area contributed by atoms with Gasteiger partial charge in [-0.15, -0.1) is 0 Å². The highest BCUT2D eigenvalue weighted by Crippen LogP contribution is 2.22. The number of nitrogens with zero attached hydrogens (tertiary/aromatic N) is 2. The number of rotatable bonds is 4. The molecule has 0 aliphatic carbocycles. The number of hydrazone groups is 1. The van der Waals surface area contributed by atoms with Gasteiger partial charge in [-0.2, -0.15) is 10.2 Å². The smallest absolute Gasteiger partial charge is 0.272 e. The molecule has 0 saturated carbocycles. The van der Waals surface area contributed by atoms with Crippen molar-refractivity contribution in [1.82, 2.24) is 15.6 Å². The van der Waals surface area contributed by atoms with Gasteiger partial charge in [-0.05, 0) is 18.2 Å².